The van der Waals surface area contributed by atoms with Crippen molar-refractivity contribution < 1.29 is 13.2 Å². The van der Waals surface area contributed by atoms with Gasteiger partial charge in [0.25, 0.3) is 5.91 Å². The van der Waals surface area contributed by atoms with Gasteiger partial charge >= 0.3 is 0 Å². The molecule has 0 spiro atoms. The molecular formula is C41H46N4O3S. The fourth-order valence-electron chi connectivity index (χ4n) is 7.14. The number of likely N-dealkylation sites (tertiary alicyclic amines) is 1. The predicted molar refractivity (Wildman–Crippen MR) is 195 cm³/mol. The van der Waals surface area contributed by atoms with E-state index in [4.69, 9.17) is 5.26 Å². The number of benzene rings is 4. The van der Waals surface area contributed by atoms with Gasteiger partial charge in [-0.05, 0) is 121 Å². The smallest absolute Gasteiger partial charge is 0.253 e. The van der Waals surface area contributed by atoms with Gasteiger partial charge in [-0.3, -0.25) is 4.79 Å². The van der Waals surface area contributed by atoms with E-state index in [2.05, 4.69) is 67.4 Å². The zero-order valence-corrected chi connectivity index (χ0v) is 29.4. The lowest BCUT2D eigenvalue weighted by Crippen LogP contribution is -2.37. The summed E-state index contributed by atoms with van der Waals surface area (Å²) in [7, 11) is -1.48. The maximum Gasteiger partial charge on any atom is 0.253 e. The minimum absolute atomic E-state index is 0.118. The van der Waals surface area contributed by atoms with Gasteiger partial charge in [0.2, 0.25) is 10.0 Å². The second-order valence-corrected chi connectivity index (χ2v) is 15.4. The number of aryl methyl sites for hydroxylation is 1. The first-order chi connectivity index (χ1) is 23.7. The zero-order valence-electron chi connectivity index (χ0n) is 28.6. The van der Waals surface area contributed by atoms with Gasteiger partial charge in [-0.2, -0.15) is 9.57 Å². The third-order valence-corrected chi connectivity index (χ3v) is 12.4. The van der Waals surface area contributed by atoms with Crippen LogP contribution in [0.25, 0.3) is 0 Å². The number of hydrogen-bond acceptors (Lipinski definition) is 5. The number of nitrogens with zero attached hydrogens (tertiary/aromatic N) is 4. The number of carbonyl (C=O) groups is 1. The van der Waals surface area contributed by atoms with Crippen LogP contribution < -0.4 is 4.90 Å². The summed E-state index contributed by atoms with van der Waals surface area (Å²) in [6.45, 7) is 5.58. The average molecular weight is 675 g/mol. The summed E-state index contributed by atoms with van der Waals surface area (Å²) in [6.07, 6.45) is 5.52. The highest BCUT2D eigenvalue weighted by Gasteiger charge is 2.30. The molecule has 2 aliphatic heterocycles. The van der Waals surface area contributed by atoms with E-state index in [1.807, 2.05) is 35.2 Å². The number of sulfonamides is 1. The molecule has 49 heavy (non-hydrogen) atoms. The lowest BCUT2D eigenvalue weighted by molar-refractivity contribution is 0.0713. The molecule has 0 bridgehead atoms. The Bertz CT molecular complexity index is 1850. The van der Waals surface area contributed by atoms with E-state index in [9.17, 15) is 13.2 Å². The van der Waals surface area contributed by atoms with Crippen molar-refractivity contribution in [1.29, 1.82) is 5.26 Å². The number of amides is 1. The average Bonchev–Trinajstić information content (AvgIpc) is 3.17. The van der Waals surface area contributed by atoms with Crippen LogP contribution >= 0.6 is 0 Å². The van der Waals surface area contributed by atoms with Crippen LogP contribution in [0.15, 0.2) is 102 Å². The summed E-state index contributed by atoms with van der Waals surface area (Å²) in [4.78, 5) is 17.7. The largest absolute Gasteiger partial charge is 0.374 e. The lowest BCUT2D eigenvalue weighted by Gasteiger charge is -2.32. The second kappa shape index (κ2) is 15.4. The molecule has 0 aliphatic carbocycles. The molecule has 2 heterocycles. The first kappa shape index (κ1) is 34.4. The van der Waals surface area contributed by atoms with Crippen molar-refractivity contribution in [3.05, 3.63) is 130 Å². The quantitative estimate of drug-likeness (QED) is 0.175. The van der Waals surface area contributed by atoms with Crippen LogP contribution in [0.4, 0.5) is 5.69 Å². The summed E-state index contributed by atoms with van der Waals surface area (Å²) >= 11 is 0. The summed E-state index contributed by atoms with van der Waals surface area (Å²) in [6, 6.07) is 33.9. The Hall–Kier alpha value is -4.45. The van der Waals surface area contributed by atoms with E-state index in [0.29, 0.717) is 30.5 Å². The minimum atomic E-state index is -3.56. The lowest BCUT2D eigenvalue weighted by atomic mass is 9.88. The Balaban J connectivity index is 0.951. The van der Waals surface area contributed by atoms with Gasteiger partial charge in [-0.15, -0.1) is 0 Å². The predicted octanol–water partition coefficient (Wildman–Crippen LogP) is 7.39. The van der Waals surface area contributed by atoms with Crippen LogP contribution in [-0.2, 0) is 22.9 Å². The molecule has 7 nitrogen and oxygen atoms in total. The van der Waals surface area contributed by atoms with Gasteiger partial charge in [-0.1, -0.05) is 55.5 Å². The Morgan fingerprint density at radius 1 is 0.755 bits per heavy atom. The van der Waals surface area contributed by atoms with Crippen LogP contribution in [0.3, 0.4) is 0 Å². The van der Waals surface area contributed by atoms with Crippen LogP contribution in [-0.4, -0.2) is 63.3 Å². The van der Waals surface area contributed by atoms with Gasteiger partial charge < -0.3 is 9.80 Å². The van der Waals surface area contributed by atoms with Crippen molar-refractivity contribution in [3.63, 3.8) is 0 Å². The molecule has 0 unspecified atom stereocenters. The van der Waals surface area contributed by atoms with Crippen LogP contribution in [0.2, 0.25) is 0 Å². The van der Waals surface area contributed by atoms with Gasteiger partial charge in [0.15, 0.2) is 0 Å². The highest BCUT2D eigenvalue weighted by molar-refractivity contribution is 7.89. The molecule has 0 N–H and O–H groups in total. The van der Waals surface area contributed by atoms with E-state index in [1.54, 1.807) is 16.4 Å². The maximum absolute atomic E-state index is 13.3. The zero-order chi connectivity index (χ0) is 34.4. The number of likely N-dealkylation sites (N-methyl/N-ethyl adjacent to an activating group) is 1. The Labute approximate surface area is 291 Å². The minimum Gasteiger partial charge on any atom is -0.374 e. The standard InChI is InChI=1S/C41H46N4O3S/c1-3-31-4-10-34(11-5-31)36-21-26-44(27-22-36)41(46)38-14-16-39(17-15-38)43(2)25-20-32-6-12-35(13-7-32)37-23-28-45(29-24-37)49(47,48)40-18-8-33(30-42)9-19-40/h4-19,36-37H,3,20-29H2,1-2H3. The van der Waals surface area contributed by atoms with Gasteiger partial charge in [-0.25, -0.2) is 8.42 Å². The molecule has 4 aromatic rings. The number of rotatable bonds is 10. The van der Waals surface area contributed by atoms with Crippen LogP contribution in [0, 0.1) is 11.3 Å². The number of anilines is 1. The number of carbonyl (C=O) groups excluding carboxylic acids is 1. The highest BCUT2D eigenvalue weighted by atomic mass is 32.2. The molecule has 0 saturated carbocycles. The summed E-state index contributed by atoms with van der Waals surface area (Å²) < 4.78 is 27.8. The first-order valence-electron chi connectivity index (χ1n) is 17.5. The van der Waals surface area contributed by atoms with E-state index in [1.165, 1.54) is 34.4 Å². The van der Waals surface area contributed by atoms with Crippen molar-refractivity contribution in [2.45, 2.75) is 62.2 Å². The summed E-state index contributed by atoms with van der Waals surface area (Å²) in [5.74, 6) is 0.968. The van der Waals surface area contributed by atoms with Crippen molar-refractivity contribution in [1.82, 2.24) is 9.21 Å². The molecule has 2 aliphatic rings. The van der Waals surface area contributed by atoms with E-state index < -0.39 is 10.0 Å². The van der Waals surface area contributed by atoms with Crippen molar-refractivity contribution >= 4 is 21.6 Å². The van der Waals surface area contributed by atoms with E-state index >= 15 is 0 Å². The van der Waals surface area contributed by atoms with Gasteiger partial charge in [0.05, 0.1) is 16.5 Å². The monoisotopic (exact) mass is 674 g/mol. The van der Waals surface area contributed by atoms with Crippen LogP contribution in [0.1, 0.15) is 82.6 Å². The molecule has 6 rings (SSSR count). The molecule has 2 saturated heterocycles. The Morgan fingerprint density at radius 2 is 1.29 bits per heavy atom. The fraction of sp³-hybridized carbons (Fsp3) is 0.366. The SMILES string of the molecule is CCc1ccc(C2CCN(C(=O)c3ccc(N(C)CCc4ccc(C5CCN(S(=O)(=O)c6ccc(C#N)cc6)CC5)cc4)cc3)CC2)cc1. The summed E-state index contributed by atoms with van der Waals surface area (Å²) in [5.41, 5.74) is 7.55. The summed E-state index contributed by atoms with van der Waals surface area (Å²) in [5, 5.41) is 9.01. The molecule has 254 valence electrons. The molecule has 2 fully saturated rings. The molecule has 0 radical (unpaired) electrons. The van der Waals surface area contributed by atoms with Crippen LogP contribution in [0.5, 0.6) is 0 Å². The first-order valence-corrected chi connectivity index (χ1v) is 19.0. The number of piperidine rings is 2. The van der Waals surface area contributed by atoms with E-state index in [0.717, 1.165) is 69.4 Å². The molecule has 8 heteroatoms. The fourth-order valence-corrected chi connectivity index (χ4v) is 8.61. The van der Waals surface area contributed by atoms with Crippen molar-refractivity contribution in [2.75, 3.05) is 44.7 Å². The second-order valence-electron chi connectivity index (χ2n) is 13.4. The van der Waals surface area contributed by atoms with Crippen molar-refractivity contribution in [2.24, 2.45) is 0 Å². The highest BCUT2D eigenvalue weighted by Crippen LogP contribution is 2.32. The normalized spacial score (nSPS) is 16.3. The number of hydrogen-bond donors (Lipinski definition) is 0. The molecule has 1 amide bonds. The molecule has 0 aromatic heterocycles. The molecule has 4 aromatic carbocycles. The Morgan fingerprint density at radius 3 is 1.82 bits per heavy atom. The number of nitriles is 1. The third-order valence-electron chi connectivity index (χ3n) is 10.5. The maximum atomic E-state index is 13.3. The topological polar surface area (TPSA) is 84.7 Å². The van der Waals surface area contributed by atoms with E-state index in [-0.39, 0.29) is 10.8 Å². The molecule has 0 atom stereocenters. The van der Waals surface area contributed by atoms with Gasteiger partial charge in [0.1, 0.15) is 0 Å². The van der Waals surface area contributed by atoms with Gasteiger partial charge in [0, 0.05) is 51.0 Å². The Kier molecular flexibility index (Phi) is 10.8. The third kappa shape index (κ3) is 8.07. The molecular weight excluding hydrogens is 629 g/mol. The van der Waals surface area contributed by atoms with Crippen molar-refractivity contribution in [3.8, 4) is 6.07 Å².